The summed E-state index contributed by atoms with van der Waals surface area (Å²) in [5.74, 6) is 0.587. The van der Waals surface area contributed by atoms with Crippen molar-refractivity contribution in [2.24, 2.45) is 5.92 Å². The van der Waals surface area contributed by atoms with Crippen LogP contribution in [-0.2, 0) is 0 Å². The Kier molecular flexibility index (Phi) is 3.15. The number of halogens is 1. The molecule has 0 N–H and O–H groups in total. The number of carbonyl (C=O) groups excluding carboxylic acids is 1. The van der Waals surface area contributed by atoms with Gasteiger partial charge < -0.3 is 4.90 Å². The van der Waals surface area contributed by atoms with Crippen molar-refractivity contribution < 1.29 is 4.79 Å². The summed E-state index contributed by atoms with van der Waals surface area (Å²) < 4.78 is 0. The van der Waals surface area contributed by atoms with Gasteiger partial charge in [-0.2, -0.15) is 0 Å². The topological polar surface area (TPSA) is 33.2 Å². The molecule has 0 aliphatic carbocycles. The number of hydrogen-bond donors (Lipinski definition) is 0. The minimum atomic E-state index is 0.0178. The Bertz CT molecular complexity index is 408. The minimum absolute atomic E-state index is 0.0178. The lowest BCUT2D eigenvalue weighted by molar-refractivity contribution is 0.0744. The van der Waals surface area contributed by atoms with Crippen LogP contribution < -0.4 is 0 Å². The van der Waals surface area contributed by atoms with Crippen LogP contribution in [0.25, 0.3) is 0 Å². The van der Waals surface area contributed by atoms with Gasteiger partial charge in [0.25, 0.3) is 5.91 Å². The molecule has 1 amide bonds. The van der Waals surface area contributed by atoms with Gasteiger partial charge in [0.05, 0.1) is 10.6 Å². The van der Waals surface area contributed by atoms with Crippen molar-refractivity contribution in [3.63, 3.8) is 0 Å². The van der Waals surface area contributed by atoms with Gasteiger partial charge in [0.15, 0.2) is 0 Å². The molecule has 2 rings (SSSR count). The summed E-state index contributed by atoms with van der Waals surface area (Å²) in [5.41, 5.74) is 0.553. The highest BCUT2D eigenvalue weighted by molar-refractivity contribution is 6.33. The smallest absolute Gasteiger partial charge is 0.255 e. The third-order valence-corrected chi connectivity index (χ3v) is 3.35. The maximum atomic E-state index is 12.2. The zero-order chi connectivity index (χ0) is 11.7. The second-order valence-electron chi connectivity index (χ2n) is 4.50. The molecule has 1 aromatic heterocycles. The van der Waals surface area contributed by atoms with Crippen LogP contribution in [0.15, 0.2) is 18.5 Å². The van der Waals surface area contributed by atoms with E-state index in [1.165, 1.54) is 6.20 Å². The van der Waals surface area contributed by atoms with Gasteiger partial charge in [-0.3, -0.25) is 9.78 Å². The molecule has 1 aromatic rings. The van der Waals surface area contributed by atoms with E-state index in [9.17, 15) is 4.79 Å². The zero-order valence-electron chi connectivity index (χ0n) is 9.48. The molecular weight excluding hydrogens is 224 g/mol. The average Bonchev–Trinajstić information content (AvgIpc) is 2.58. The second kappa shape index (κ2) is 4.42. The van der Waals surface area contributed by atoms with Crippen molar-refractivity contribution in [2.45, 2.75) is 26.3 Å². The Morgan fingerprint density at radius 3 is 2.88 bits per heavy atom. The molecule has 1 saturated heterocycles. The second-order valence-corrected chi connectivity index (χ2v) is 4.91. The number of rotatable bonds is 1. The van der Waals surface area contributed by atoms with Crippen LogP contribution in [0.3, 0.4) is 0 Å². The molecule has 0 spiro atoms. The molecule has 0 aromatic carbocycles. The van der Waals surface area contributed by atoms with Crippen molar-refractivity contribution in [1.29, 1.82) is 0 Å². The maximum Gasteiger partial charge on any atom is 0.255 e. The van der Waals surface area contributed by atoms with E-state index < -0.39 is 0 Å². The summed E-state index contributed by atoms with van der Waals surface area (Å²) in [6, 6.07) is 1.98. The van der Waals surface area contributed by atoms with E-state index in [0.717, 1.165) is 13.0 Å². The zero-order valence-corrected chi connectivity index (χ0v) is 10.2. The number of aromatic nitrogens is 1. The van der Waals surface area contributed by atoms with E-state index in [-0.39, 0.29) is 5.91 Å². The minimum Gasteiger partial charge on any atom is -0.336 e. The highest BCUT2D eigenvalue weighted by Crippen LogP contribution is 2.26. The van der Waals surface area contributed by atoms with Gasteiger partial charge >= 0.3 is 0 Å². The molecule has 1 fully saturated rings. The van der Waals surface area contributed by atoms with Crippen molar-refractivity contribution in [3.8, 4) is 0 Å². The fourth-order valence-electron chi connectivity index (χ4n) is 2.29. The van der Waals surface area contributed by atoms with Crippen LogP contribution in [0.2, 0.25) is 5.02 Å². The van der Waals surface area contributed by atoms with Crippen molar-refractivity contribution in [2.75, 3.05) is 6.54 Å². The number of nitrogens with zero attached hydrogens (tertiary/aromatic N) is 2. The Hall–Kier alpha value is -1.09. The van der Waals surface area contributed by atoms with Gasteiger partial charge in [-0.05, 0) is 25.3 Å². The number of pyridine rings is 1. The van der Waals surface area contributed by atoms with E-state index in [0.29, 0.717) is 22.5 Å². The lowest BCUT2D eigenvalue weighted by Gasteiger charge is -2.21. The van der Waals surface area contributed by atoms with E-state index in [1.807, 2.05) is 4.90 Å². The van der Waals surface area contributed by atoms with Gasteiger partial charge in [0, 0.05) is 25.0 Å². The molecule has 0 bridgehead atoms. The standard InChI is InChI=1S/C12H15ClN2O/c1-8-5-9(2)15(7-8)12(16)10-3-4-14-6-11(10)13/h3-4,6,8-9H,5,7H2,1-2H3. The fourth-order valence-corrected chi connectivity index (χ4v) is 2.49. The number of likely N-dealkylation sites (tertiary alicyclic amines) is 1. The third kappa shape index (κ3) is 2.05. The van der Waals surface area contributed by atoms with E-state index in [2.05, 4.69) is 18.8 Å². The van der Waals surface area contributed by atoms with Crippen LogP contribution in [0.5, 0.6) is 0 Å². The van der Waals surface area contributed by atoms with Crippen LogP contribution in [0.4, 0.5) is 0 Å². The summed E-state index contributed by atoms with van der Waals surface area (Å²) in [6.07, 6.45) is 4.18. The molecule has 1 aliphatic rings. The van der Waals surface area contributed by atoms with Gasteiger partial charge in [-0.15, -0.1) is 0 Å². The number of carbonyl (C=O) groups is 1. The summed E-state index contributed by atoms with van der Waals surface area (Å²) in [6.45, 7) is 5.06. The highest BCUT2D eigenvalue weighted by Gasteiger charge is 2.31. The molecule has 0 saturated carbocycles. The molecule has 86 valence electrons. The average molecular weight is 239 g/mol. The largest absolute Gasteiger partial charge is 0.336 e. The maximum absolute atomic E-state index is 12.2. The van der Waals surface area contributed by atoms with Gasteiger partial charge in [-0.25, -0.2) is 0 Å². The van der Waals surface area contributed by atoms with Gasteiger partial charge in [0.2, 0.25) is 0 Å². The first-order valence-electron chi connectivity index (χ1n) is 5.50. The van der Waals surface area contributed by atoms with E-state index in [4.69, 9.17) is 11.6 Å². The predicted octanol–water partition coefficient (Wildman–Crippen LogP) is 2.61. The molecule has 2 unspecified atom stereocenters. The van der Waals surface area contributed by atoms with Crippen molar-refractivity contribution >= 4 is 17.5 Å². The molecule has 0 radical (unpaired) electrons. The highest BCUT2D eigenvalue weighted by atomic mass is 35.5. The Labute approximate surface area is 100 Å². The van der Waals surface area contributed by atoms with Crippen molar-refractivity contribution in [1.82, 2.24) is 9.88 Å². The first kappa shape index (κ1) is 11.4. The van der Waals surface area contributed by atoms with Crippen molar-refractivity contribution in [3.05, 3.63) is 29.0 Å². The summed E-state index contributed by atoms with van der Waals surface area (Å²) >= 11 is 5.97. The summed E-state index contributed by atoms with van der Waals surface area (Å²) in [7, 11) is 0. The lowest BCUT2D eigenvalue weighted by atomic mass is 10.1. The van der Waals surface area contributed by atoms with Gasteiger partial charge in [0.1, 0.15) is 0 Å². The van der Waals surface area contributed by atoms with E-state index in [1.54, 1.807) is 12.3 Å². The summed E-state index contributed by atoms with van der Waals surface area (Å²) in [5, 5.41) is 0.430. The third-order valence-electron chi connectivity index (χ3n) is 3.05. The first-order chi connectivity index (χ1) is 7.59. The van der Waals surface area contributed by atoms with Crippen LogP contribution in [0.1, 0.15) is 30.6 Å². The molecule has 3 nitrogen and oxygen atoms in total. The van der Waals surface area contributed by atoms with Crippen LogP contribution in [0, 0.1) is 5.92 Å². The lowest BCUT2D eigenvalue weighted by Crippen LogP contribution is -2.34. The number of amides is 1. The Morgan fingerprint density at radius 1 is 1.56 bits per heavy atom. The molecule has 2 atom stereocenters. The molecule has 16 heavy (non-hydrogen) atoms. The SMILES string of the molecule is CC1CC(C)N(C(=O)c2ccncc2Cl)C1. The molecular formula is C12H15ClN2O. The van der Waals surface area contributed by atoms with Crippen LogP contribution in [-0.4, -0.2) is 28.4 Å². The molecule has 4 heteroatoms. The predicted molar refractivity (Wildman–Crippen MR) is 63.5 cm³/mol. The van der Waals surface area contributed by atoms with Gasteiger partial charge in [-0.1, -0.05) is 18.5 Å². The molecule has 2 heterocycles. The summed E-state index contributed by atoms with van der Waals surface area (Å²) in [4.78, 5) is 18.0. The molecule has 1 aliphatic heterocycles. The monoisotopic (exact) mass is 238 g/mol. The Balaban J connectivity index is 2.23. The van der Waals surface area contributed by atoms with Crippen LogP contribution >= 0.6 is 11.6 Å². The number of hydrogen-bond acceptors (Lipinski definition) is 2. The quantitative estimate of drug-likeness (QED) is 0.754. The normalized spacial score (nSPS) is 24.8. The fraction of sp³-hybridized carbons (Fsp3) is 0.500. The Morgan fingerprint density at radius 2 is 2.31 bits per heavy atom. The van der Waals surface area contributed by atoms with E-state index >= 15 is 0 Å². The first-order valence-corrected chi connectivity index (χ1v) is 5.88.